The van der Waals surface area contributed by atoms with Crippen LogP contribution in [0.4, 0.5) is 8.78 Å². The number of pyridine rings is 1. The van der Waals surface area contributed by atoms with E-state index in [4.69, 9.17) is 14.2 Å². The number of nitrogens with one attached hydrogen (secondary N) is 1. The fraction of sp³-hybridized carbons (Fsp3) is 0.381. The van der Waals surface area contributed by atoms with Gasteiger partial charge in [-0.15, -0.1) is 0 Å². The number of imidazole rings is 1. The molecule has 1 aromatic carbocycles. The Morgan fingerprint density at radius 2 is 2.03 bits per heavy atom. The summed E-state index contributed by atoms with van der Waals surface area (Å²) in [5, 5.41) is 2.77. The summed E-state index contributed by atoms with van der Waals surface area (Å²) in [4.78, 5) is 20.0. The average molecular weight is 432 g/mol. The number of carbonyl (C=O) groups excluding carboxylic acids is 1. The Labute approximate surface area is 177 Å². The van der Waals surface area contributed by atoms with Crippen LogP contribution in [0, 0.1) is 5.92 Å². The summed E-state index contributed by atoms with van der Waals surface area (Å²) in [6, 6.07) is 6.90. The van der Waals surface area contributed by atoms with Crippen molar-refractivity contribution in [2.24, 2.45) is 5.92 Å². The van der Waals surface area contributed by atoms with Gasteiger partial charge in [0.05, 0.1) is 32.0 Å². The van der Waals surface area contributed by atoms with Crippen molar-refractivity contribution in [1.82, 2.24) is 19.9 Å². The maximum Gasteiger partial charge on any atom is 0.320 e. The van der Waals surface area contributed by atoms with Gasteiger partial charge in [0.1, 0.15) is 11.8 Å². The van der Waals surface area contributed by atoms with Crippen molar-refractivity contribution >= 4 is 16.9 Å². The lowest BCUT2D eigenvalue weighted by molar-refractivity contribution is -0.119. The number of aromatic nitrogens is 3. The summed E-state index contributed by atoms with van der Waals surface area (Å²) >= 11 is 0. The molecule has 0 bridgehead atoms. The lowest BCUT2D eigenvalue weighted by Gasteiger charge is -2.13. The number of hydrogen-bond donors (Lipinski definition) is 1. The lowest BCUT2D eigenvalue weighted by atomic mass is 10.1. The van der Waals surface area contributed by atoms with Gasteiger partial charge in [0.15, 0.2) is 11.5 Å². The van der Waals surface area contributed by atoms with Gasteiger partial charge in [-0.1, -0.05) is 0 Å². The third-order valence-corrected chi connectivity index (χ3v) is 5.24. The maximum atomic E-state index is 13.5. The summed E-state index contributed by atoms with van der Waals surface area (Å²) in [6.07, 6.45) is 2.11. The van der Waals surface area contributed by atoms with E-state index in [2.05, 4.69) is 15.3 Å². The molecule has 1 amide bonds. The number of carbonyl (C=O) groups is 1. The Balaban J connectivity index is 1.68. The fourth-order valence-corrected chi connectivity index (χ4v) is 3.61. The first-order chi connectivity index (χ1) is 15.0. The van der Waals surface area contributed by atoms with Crippen molar-refractivity contribution in [2.75, 3.05) is 27.4 Å². The van der Waals surface area contributed by atoms with Gasteiger partial charge < -0.3 is 19.5 Å². The van der Waals surface area contributed by atoms with Crippen LogP contribution in [0.25, 0.3) is 22.3 Å². The van der Waals surface area contributed by atoms with Gasteiger partial charge in [-0.3, -0.25) is 9.36 Å². The third-order valence-electron chi connectivity index (χ3n) is 5.24. The highest BCUT2D eigenvalue weighted by atomic mass is 19.3. The fourth-order valence-electron chi connectivity index (χ4n) is 3.61. The molecule has 31 heavy (non-hydrogen) atoms. The second kappa shape index (κ2) is 8.75. The second-order valence-corrected chi connectivity index (χ2v) is 7.19. The molecule has 0 radical (unpaired) electrons. The quantitative estimate of drug-likeness (QED) is 0.587. The molecule has 4 rings (SSSR count). The maximum absolute atomic E-state index is 13.5. The minimum Gasteiger partial charge on any atom is -0.493 e. The molecule has 1 N–H and O–H groups in total. The standard InChI is InChI=1S/C21H22F2N4O4/c1-29-16-4-3-13(8-17(16)30-2)14-9-15-19(27(11-25-15)21(22)23)20(26-14)31-6-5-12-7-18(28)24-10-12/h3-4,8-9,11-12,21H,5-7,10H2,1-2H3,(H,24,28)/t12-/m1/s1. The number of halogens is 2. The Morgan fingerprint density at radius 1 is 1.23 bits per heavy atom. The Hall–Kier alpha value is -3.43. The van der Waals surface area contributed by atoms with Crippen LogP contribution < -0.4 is 19.5 Å². The summed E-state index contributed by atoms with van der Waals surface area (Å²) in [5.41, 5.74) is 1.66. The first kappa shape index (κ1) is 20.8. The monoisotopic (exact) mass is 432 g/mol. The summed E-state index contributed by atoms with van der Waals surface area (Å²) in [6.45, 7) is -1.95. The zero-order valence-electron chi connectivity index (χ0n) is 17.1. The van der Waals surface area contributed by atoms with E-state index < -0.39 is 6.55 Å². The zero-order valence-corrected chi connectivity index (χ0v) is 17.1. The highest BCUT2D eigenvalue weighted by molar-refractivity contribution is 5.85. The van der Waals surface area contributed by atoms with E-state index >= 15 is 0 Å². The number of alkyl halides is 2. The molecule has 1 fully saturated rings. The van der Waals surface area contributed by atoms with Gasteiger partial charge in [-0.2, -0.15) is 8.78 Å². The molecule has 1 atom stereocenters. The first-order valence-corrected chi connectivity index (χ1v) is 9.77. The Bertz CT molecular complexity index is 1100. The van der Waals surface area contributed by atoms with Gasteiger partial charge in [0, 0.05) is 18.5 Å². The molecule has 2 aromatic heterocycles. The minimum atomic E-state index is -2.78. The zero-order chi connectivity index (χ0) is 22.0. The van der Waals surface area contributed by atoms with E-state index in [0.717, 1.165) is 10.9 Å². The SMILES string of the molecule is COc1ccc(-c2cc3ncn(C(F)F)c3c(OCC[C@H]3CNC(=O)C3)n2)cc1OC. The molecule has 1 aliphatic rings. The number of rotatable bonds is 8. The van der Waals surface area contributed by atoms with E-state index in [1.54, 1.807) is 24.3 Å². The van der Waals surface area contributed by atoms with Crippen LogP contribution in [0.1, 0.15) is 19.4 Å². The second-order valence-electron chi connectivity index (χ2n) is 7.19. The molecule has 1 saturated heterocycles. The predicted octanol–water partition coefficient (Wildman–Crippen LogP) is 3.42. The first-order valence-electron chi connectivity index (χ1n) is 9.77. The molecule has 3 heterocycles. The van der Waals surface area contributed by atoms with Gasteiger partial charge in [-0.05, 0) is 36.6 Å². The average Bonchev–Trinajstić information content (AvgIpc) is 3.39. The number of nitrogens with zero attached hydrogens (tertiary/aromatic N) is 3. The van der Waals surface area contributed by atoms with Crippen LogP contribution >= 0.6 is 0 Å². The largest absolute Gasteiger partial charge is 0.493 e. The molecule has 10 heteroatoms. The molecule has 0 unspecified atom stereocenters. The summed E-state index contributed by atoms with van der Waals surface area (Å²) < 4.78 is 44.2. The molecule has 3 aromatic rings. The molecule has 0 spiro atoms. The van der Waals surface area contributed by atoms with Gasteiger partial charge >= 0.3 is 6.55 Å². The Morgan fingerprint density at radius 3 is 2.71 bits per heavy atom. The smallest absolute Gasteiger partial charge is 0.320 e. The number of benzene rings is 1. The van der Waals surface area contributed by atoms with Crippen molar-refractivity contribution in [3.8, 4) is 28.6 Å². The van der Waals surface area contributed by atoms with Crippen LogP contribution in [0.5, 0.6) is 17.4 Å². The van der Waals surface area contributed by atoms with E-state index in [-0.39, 0.29) is 29.8 Å². The molecular weight excluding hydrogens is 410 g/mol. The van der Waals surface area contributed by atoms with Crippen LogP contribution in [-0.2, 0) is 4.79 Å². The highest BCUT2D eigenvalue weighted by Crippen LogP contribution is 2.35. The topological polar surface area (TPSA) is 87.5 Å². The molecular formula is C21H22F2N4O4. The van der Waals surface area contributed by atoms with Crippen LogP contribution in [0.2, 0.25) is 0 Å². The van der Waals surface area contributed by atoms with Crippen LogP contribution in [-0.4, -0.2) is 47.8 Å². The number of hydrogen-bond acceptors (Lipinski definition) is 6. The predicted molar refractivity (Wildman–Crippen MR) is 109 cm³/mol. The number of ether oxygens (including phenoxy) is 3. The van der Waals surface area contributed by atoms with Gasteiger partial charge in [0.25, 0.3) is 0 Å². The molecule has 8 nitrogen and oxygen atoms in total. The Kier molecular flexibility index (Phi) is 5.88. The van der Waals surface area contributed by atoms with Crippen molar-refractivity contribution in [1.29, 1.82) is 0 Å². The van der Waals surface area contributed by atoms with E-state index in [1.165, 1.54) is 14.2 Å². The normalized spacial score (nSPS) is 16.0. The summed E-state index contributed by atoms with van der Waals surface area (Å²) in [7, 11) is 3.07. The van der Waals surface area contributed by atoms with E-state index in [1.807, 2.05) is 0 Å². The van der Waals surface area contributed by atoms with Crippen LogP contribution in [0.3, 0.4) is 0 Å². The highest BCUT2D eigenvalue weighted by Gasteiger charge is 2.23. The lowest BCUT2D eigenvalue weighted by Crippen LogP contribution is -2.14. The van der Waals surface area contributed by atoms with Crippen LogP contribution in [0.15, 0.2) is 30.6 Å². The van der Waals surface area contributed by atoms with E-state index in [9.17, 15) is 13.6 Å². The van der Waals surface area contributed by atoms with Gasteiger partial charge in [-0.25, -0.2) is 9.97 Å². The van der Waals surface area contributed by atoms with Crippen molar-refractivity contribution in [3.63, 3.8) is 0 Å². The minimum absolute atomic E-state index is 0.0109. The molecule has 0 saturated carbocycles. The van der Waals surface area contributed by atoms with E-state index in [0.29, 0.717) is 47.7 Å². The number of methoxy groups -OCH3 is 2. The number of amides is 1. The van der Waals surface area contributed by atoms with Gasteiger partial charge in [0.2, 0.25) is 11.8 Å². The molecule has 1 aliphatic heterocycles. The van der Waals surface area contributed by atoms with Crippen molar-refractivity contribution in [3.05, 3.63) is 30.6 Å². The molecule has 0 aliphatic carbocycles. The molecule has 164 valence electrons. The number of fused-ring (bicyclic) bond motifs is 1. The van der Waals surface area contributed by atoms with Crippen molar-refractivity contribution < 1.29 is 27.8 Å². The third kappa shape index (κ3) is 4.23. The summed E-state index contributed by atoms with van der Waals surface area (Å²) in [5.74, 6) is 1.30. The van der Waals surface area contributed by atoms with Crippen molar-refractivity contribution in [2.45, 2.75) is 19.4 Å².